The lowest BCUT2D eigenvalue weighted by atomic mass is 9.83. The maximum Gasteiger partial charge on any atom is 0.320 e. The maximum absolute atomic E-state index is 12.3. The topological polar surface area (TPSA) is 91.3 Å². The summed E-state index contributed by atoms with van der Waals surface area (Å²) < 4.78 is 22.5. The zero-order chi connectivity index (χ0) is 26.0. The Balaban J connectivity index is 2.75. The van der Waals surface area contributed by atoms with Gasteiger partial charge in [-0.25, -0.2) is 0 Å². The van der Waals surface area contributed by atoms with Crippen LogP contribution in [0.1, 0.15) is 108 Å². The number of rotatable bonds is 15. The average Bonchev–Trinajstić information content (AvgIpc) is 2.83. The van der Waals surface area contributed by atoms with Crippen molar-refractivity contribution in [2.75, 3.05) is 14.2 Å². The van der Waals surface area contributed by atoms with E-state index in [2.05, 4.69) is 27.7 Å². The molecule has 2 atom stereocenters. The molecule has 1 saturated heterocycles. The number of hydrogen-bond acceptors (Lipinski definition) is 7. The molecular weight excluding hydrogens is 448 g/mol. The Hall–Kier alpha value is -2.44. The summed E-state index contributed by atoms with van der Waals surface area (Å²) in [6.07, 6.45) is 7.92. The van der Waals surface area contributed by atoms with Crippen molar-refractivity contribution in [1.29, 1.82) is 0 Å². The van der Waals surface area contributed by atoms with Crippen molar-refractivity contribution in [2.45, 2.75) is 105 Å². The molecule has 1 aromatic rings. The Morgan fingerprint density at radius 2 is 1.26 bits per heavy atom. The van der Waals surface area contributed by atoms with Gasteiger partial charge in [0.05, 0.1) is 14.2 Å². The number of ether oxygens (including phenoxy) is 4. The highest BCUT2D eigenvalue weighted by Crippen LogP contribution is 2.50. The maximum atomic E-state index is 12.3. The SMILES string of the molecule is CCCCC(CC)Cc1c(OC)c(O)c(OC)c(CC(CC)CCCC)c1C1OC(=O)CC(=O)O1. The van der Waals surface area contributed by atoms with Gasteiger partial charge >= 0.3 is 11.9 Å². The van der Waals surface area contributed by atoms with Crippen LogP contribution in [0.2, 0.25) is 0 Å². The molecule has 0 aliphatic carbocycles. The normalized spacial score (nSPS) is 15.9. The summed E-state index contributed by atoms with van der Waals surface area (Å²) in [5.41, 5.74) is 2.03. The van der Waals surface area contributed by atoms with E-state index >= 15 is 0 Å². The highest BCUT2D eigenvalue weighted by molar-refractivity contribution is 5.92. The average molecular weight is 493 g/mol. The standard InChI is InChI=1S/C28H44O7/c1-7-11-13-18(9-3)15-20-24(28-34-22(29)17-23(30)35-28)21(16-19(10-4)14-12-8-2)27(33-6)25(31)26(20)32-5/h18-19,28,31H,7-17H2,1-6H3. The molecule has 2 unspecified atom stereocenters. The second-order valence-corrected chi connectivity index (χ2v) is 9.52. The number of phenolic OH excluding ortho intramolecular Hbond substituents is 1. The highest BCUT2D eigenvalue weighted by Gasteiger charge is 2.37. The number of cyclic esters (lactones) is 2. The van der Waals surface area contributed by atoms with Crippen LogP contribution in [0.5, 0.6) is 17.2 Å². The van der Waals surface area contributed by atoms with Gasteiger partial charge in [-0.05, 0) is 24.7 Å². The van der Waals surface area contributed by atoms with Gasteiger partial charge in [-0.2, -0.15) is 0 Å². The minimum Gasteiger partial charge on any atom is -0.502 e. The van der Waals surface area contributed by atoms with Gasteiger partial charge in [0, 0.05) is 16.7 Å². The molecule has 7 nitrogen and oxygen atoms in total. The van der Waals surface area contributed by atoms with E-state index in [-0.39, 0.29) is 17.2 Å². The second kappa shape index (κ2) is 14.2. The van der Waals surface area contributed by atoms with Crippen LogP contribution < -0.4 is 9.47 Å². The molecule has 1 fully saturated rings. The molecule has 198 valence electrons. The molecule has 2 rings (SSSR count). The number of carbonyl (C=O) groups is 2. The number of benzene rings is 1. The fraction of sp³-hybridized carbons (Fsp3) is 0.714. The zero-order valence-corrected chi connectivity index (χ0v) is 22.4. The van der Waals surface area contributed by atoms with E-state index in [4.69, 9.17) is 18.9 Å². The summed E-state index contributed by atoms with van der Waals surface area (Å²) in [7, 11) is 3.01. The number of aromatic hydroxyl groups is 1. The van der Waals surface area contributed by atoms with Crippen LogP contribution in [0.25, 0.3) is 0 Å². The van der Waals surface area contributed by atoms with Crippen LogP contribution in [0.4, 0.5) is 0 Å². The van der Waals surface area contributed by atoms with Crippen molar-refractivity contribution in [2.24, 2.45) is 11.8 Å². The van der Waals surface area contributed by atoms with E-state index < -0.39 is 24.6 Å². The summed E-state index contributed by atoms with van der Waals surface area (Å²) in [6.45, 7) is 8.63. The molecule has 7 heteroatoms. The fourth-order valence-corrected chi connectivity index (χ4v) is 4.99. The van der Waals surface area contributed by atoms with Gasteiger partial charge in [0.2, 0.25) is 5.75 Å². The van der Waals surface area contributed by atoms with Gasteiger partial charge in [-0.1, -0.05) is 79.1 Å². The number of unbranched alkanes of at least 4 members (excludes halogenated alkanes) is 2. The Labute approximate surface area is 210 Å². The first-order valence-electron chi connectivity index (χ1n) is 13.2. The number of hydrogen-bond donors (Lipinski definition) is 1. The number of carbonyl (C=O) groups excluding carboxylic acids is 2. The molecule has 1 aliphatic rings. The summed E-state index contributed by atoms with van der Waals surface area (Å²) in [5, 5.41) is 11.2. The molecule has 0 amide bonds. The van der Waals surface area contributed by atoms with Crippen molar-refractivity contribution in [3.05, 3.63) is 16.7 Å². The summed E-state index contributed by atoms with van der Waals surface area (Å²) in [5.74, 6) is -0.0615. The summed E-state index contributed by atoms with van der Waals surface area (Å²) in [6, 6.07) is 0. The van der Waals surface area contributed by atoms with Crippen LogP contribution in [0.3, 0.4) is 0 Å². The van der Waals surface area contributed by atoms with Crippen LogP contribution in [-0.4, -0.2) is 31.3 Å². The third-order valence-corrected chi connectivity index (χ3v) is 7.11. The zero-order valence-electron chi connectivity index (χ0n) is 22.4. The molecule has 1 heterocycles. The first-order chi connectivity index (χ1) is 16.8. The second-order valence-electron chi connectivity index (χ2n) is 9.52. The third kappa shape index (κ3) is 7.28. The van der Waals surface area contributed by atoms with Crippen LogP contribution in [0.15, 0.2) is 0 Å². The Bertz CT molecular complexity index is 785. The fourth-order valence-electron chi connectivity index (χ4n) is 4.99. The van der Waals surface area contributed by atoms with Crippen molar-refractivity contribution in [3.8, 4) is 17.2 Å². The molecule has 0 radical (unpaired) electrons. The van der Waals surface area contributed by atoms with Gasteiger partial charge < -0.3 is 24.1 Å². The molecule has 35 heavy (non-hydrogen) atoms. The van der Waals surface area contributed by atoms with E-state index in [9.17, 15) is 14.7 Å². The van der Waals surface area contributed by atoms with Crippen molar-refractivity contribution >= 4 is 11.9 Å². The van der Waals surface area contributed by atoms with Crippen molar-refractivity contribution in [1.82, 2.24) is 0 Å². The molecule has 0 aromatic heterocycles. The number of phenols is 1. The number of methoxy groups -OCH3 is 2. The lowest BCUT2D eigenvalue weighted by Gasteiger charge is -2.31. The molecule has 0 spiro atoms. The van der Waals surface area contributed by atoms with Crippen LogP contribution >= 0.6 is 0 Å². The predicted molar refractivity (Wildman–Crippen MR) is 135 cm³/mol. The Morgan fingerprint density at radius 1 is 0.829 bits per heavy atom. The lowest BCUT2D eigenvalue weighted by Crippen LogP contribution is -2.29. The summed E-state index contributed by atoms with van der Waals surface area (Å²) >= 11 is 0. The van der Waals surface area contributed by atoms with E-state index in [1.807, 2.05) is 0 Å². The van der Waals surface area contributed by atoms with Crippen molar-refractivity contribution < 1.29 is 33.6 Å². The van der Waals surface area contributed by atoms with Gasteiger partial charge in [-0.3, -0.25) is 9.59 Å². The Morgan fingerprint density at radius 3 is 1.60 bits per heavy atom. The molecule has 1 aromatic carbocycles. The van der Waals surface area contributed by atoms with Gasteiger partial charge in [-0.15, -0.1) is 0 Å². The Kier molecular flexibility index (Phi) is 11.7. The minimum absolute atomic E-state index is 0.0621. The van der Waals surface area contributed by atoms with E-state index in [1.54, 1.807) is 0 Å². The van der Waals surface area contributed by atoms with E-state index in [1.165, 1.54) is 14.2 Å². The molecular formula is C28H44O7. The molecule has 1 N–H and O–H groups in total. The van der Waals surface area contributed by atoms with Gasteiger partial charge in [0.15, 0.2) is 11.5 Å². The van der Waals surface area contributed by atoms with Gasteiger partial charge in [0.1, 0.15) is 6.42 Å². The van der Waals surface area contributed by atoms with Crippen LogP contribution in [0, 0.1) is 11.8 Å². The highest BCUT2D eigenvalue weighted by atomic mass is 16.7. The molecule has 0 saturated carbocycles. The quantitative estimate of drug-likeness (QED) is 0.223. The number of esters is 2. The van der Waals surface area contributed by atoms with E-state index in [0.29, 0.717) is 30.2 Å². The summed E-state index contributed by atoms with van der Waals surface area (Å²) in [4.78, 5) is 24.5. The largest absolute Gasteiger partial charge is 0.502 e. The van der Waals surface area contributed by atoms with Gasteiger partial charge in [0.25, 0.3) is 6.29 Å². The monoisotopic (exact) mass is 492 g/mol. The predicted octanol–water partition coefficient (Wildman–Crippen LogP) is 6.42. The molecule has 0 bridgehead atoms. The minimum atomic E-state index is -1.19. The lowest BCUT2D eigenvalue weighted by molar-refractivity contribution is -0.205. The van der Waals surface area contributed by atoms with E-state index in [0.717, 1.165) is 62.5 Å². The van der Waals surface area contributed by atoms with Crippen molar-refractivity contribution in [3.63, 3.8) is 0 Å². The van der Waals surface area contributed by atoms with Crippen LogP contribution in [-0.2, 0) is 31.9 Å². The first kappa shape index (κ1) is 28.8. The molecule has 1 aliphatic heterocycles. The smallest absolute Gasteiger partial charge is 0.320 e. The first-order valence-corrected chi connectivity index (χ1v) is 13.2. The third-order valence-electron chi connectivity index (χ3n) is 7.11.